The molecule has 0 unspecified atom stereocenters. The van der Waals surface area contributed by atoms with Gasteiger partial charge in [0.2, 0.25) is 0 Å². The van der Waals surface area contributed by atoms with Crippen LogP contribution in [0.3, 0.4) is 0 Å². The first kappa shape index (κ1) is 26.8. The average Bonchev–Trinajstić information content (AvgIpc) is 2.89. The molecule has 1 fully saturated rings. The smallest absolute Gasteiger partial charge is 0.0701 e. The Labute approximate surface area is 205 Å². The van der Waals surface area contributed by atoms with E-state index in [1.54, 1.807) is 0 Å². The fourth-order valence-corrected chi connectivity index (χ4v) is 4.25. The van der Waals surface area contributed by atoms with Gasteiger partial charge >= 0.3 is 0 Å². The van der Waals surface area contributed by atoms with Crippen molar-refractivity contribution in [2.24, 2.45) is 0 Å². The average molecular weight is 471 g/mol. The van der Waals surface area contributed by atoms with Crippen LogP contribution in [0.5, 0.6) is 0 Å². The molecule has 0 spiro atoms. The van der Waals surface area contributed by atoms with Gasteiger partial charge in [-0.2, -0.15) is 0 Å². The molecule has 2 aromatic carbocycles. The zero-order valence-corrected chi connectivity index (χ0v) is 20.9. The zero-order valence-electron chi connectivity index (χ0n) is 20.9. The maximum Gasteiger partial charge on any atom is 0.0701 e. The van der Waals surface area contributed by atoms with Crippen LogP contribution < -0.4 is 0 Å². The van der Waals surface area contributed by atoms with Gasteiger partial charge in [0.1, 0.15) is 0 Å². The summed E-state index contributed by atoms with van der Waals surface area (Å²) in [4.78, 5) is 4.84. The standard InChI is InChI=1S/C28H42N2O4/c1-25(27-9-5-3-6-10-27)29-13-17-31-21-23-33-19-15-30(16-20-34-24-22-32-18-14-29)26(2)28-11-7-4-8-12-28/h3-12,25-26H,13-24H2,1-2H3/t25-,26-/m1/s1. The molecule has 0 aromatic heterocycles. The first-order valence-electron chi connectivity index (χ1n) is 12.6. The highest BCUT2D eigenvalue weighted by molar-refractivity contribution is 5.19. The van der Waals surface area contributed by atoms with Crippen LogP contribution >= 0.6 is 0 Å². The number of hydrogen-bond acceptors (Lipinski definition) is 6. The molecule has 1 saturated heterocycles. The lowest BCUT2D eigenvalue weighted by atomic mass is 10.1. The number of rotatable bonds is 4. The summed E-state index contributed by atoms with van der Waals surface area (Å²) in [6.45, 7) is 13.1. The van der Waals surface area contributed by atoms with Crippen molar-refractivity contribution in [3.63, 3.8) is 0 Å². The first-order chi connectivity index (χ1) is 16.8. The topological polar surface area (TPSA) is 43.4 Å². The van der Waals surface area contributed by atoms with E-state index >= 15 is 0 Å². The lowest BCUT2D eigenvalue weighted by Crippen LogP contribution is -2.35. The Balaban J connectivity index is 1.49. The molecule has 6 nitrogen and oxygen atoms in total. The SMILES string of the molecule is C[C@H](c1ccccc1)N1CCOCCOCCN([C@H](C)c2ccccc2)CCOCCOCC1. The van der Waals surface area contributed by atoms with Crippen LogP contribution in [-0.2, 0) is 18.9 Å². The van der Waals surface area contributed by atoms with Crippen LogP contribution in [0.25, 0.3) is 0 Å². The van der Waals surface area contributed by atoms with E-state index < -0.39 is 0 Å². The van der Waals surface area contributed by atoms with Crippen LogP contribution in [0.15, 0.2) is 60.7 Å². The highest BCUT2D eigenvalue weighted by Crippen LogP contribution is 2.20. The van der Waals surface area contributed by atoms with E-state index in [1.165, 1.54) is 11.1 Å². The molecule has 188 valence electrons. The summed E-state index contributed by atoms with van der Waals surface area (Å²) in [6.07, 6.45) is 0. The Hall–Kier alpha value is -1.80. The number of ether oxygens (including phenoxy) is 4. The van der Waals surface area contributed by atoms with E-state index in [-0.39, 0.29) is 0 Å². The summed E-state index contributed by atoms with van der Waals surface area (Å²) in [6, 6.07) is 21.8. The largest absolute Gasteiger partial charge is 0.378 e. The molecule has 1 aliphatic heterocycles. The van der Waals surface area contributed by atoms with Crippen molar-refractivity contribution < 1.29 is 18.9 Å². The monoisotopic (exact) mass is 470 g/mol. The van der Waals surface area contributed by atoms with Crippen LogP contribution in [-0.4, -0.2) is 88.8 Å². The van der Waals surface area contributed by atoms with E-state index in [0.717, 1.165) is 26.2 Å². The summed E-state index contributed by atoms with van der Waals surface area (Å²) in [5, 5.41) is 0. The van der Waals surface area contributed by atoms with Gasteiger partial charge in [-0.25, -0.2) is 0 Å². The third kappa shape index (κ3) is 9.45. The maximum absolute atomic E-state index is 5.90. The van der Waals surface area contributed by atoms with Crippen LogP contribution in [0.2, 0.25) is 0 Å². The lowest BCUT2D eigenvalue weighted by molar-refractivity contribution is -0.000851. The van der Waals surface area contributed by atoms with Gasteiger partial charge < -0.3 is 18.9 Å². The highest BCUT2D eigenvalue weighted by atomic mass is 16.5. The van der Waals surface area contributed by atoms with Crippen molar-refractivity contribution in [2.45, 2.75) is 25.9 Å². The summed E-state index contributed by atoms with van der Waals surface area (Å²) in [5.41, 5.74) is 2.62. The van der Waals surface area contributed by atoms with E-state index in [0.29, 0.717) is 64.9 Å². The second kappa shape index (κ2) is 16.0. The minimum absolute atomic E-state index is 0.309. The van der Waals surface area contributed by atoms with Gasteiger partial charge in [-0.15, -0.1) is 0 Å². The third-order valence-corrected chi connectivity index (χ3v) is 6.49. The van der Waals surface area contributed by atoms with Crippen molar-refractivity contribution in [1.29, 1.82) is 0 Å². The molecule has 0 bridgehead atoms. The number of benzene rings is 2. The Kier molecular flexibility index (Phi) is 12.6. The molecule has 34 heavy (non-hydrogen) atoms. The Morgan fingerprint density at radius 1 is 0.471 bits per heavy atom. The minimum atomic E-state index is 0.309. The molecule has 2 atom stereocenters. The molecule has 3 rings (SSSR count). The molecular weight excluding hydrogens is 428 g/mol. The van der Waals surface area contributed by atoms with Crippen LogP contribution in [0, 0.1) is 0 Å². The van der Waals surface area contributed by atoms with Crippen molar-refractivity contribution >= 4 is 0 Å². The molecule has 0 radical (unpaired) electrons. The third-order valence-electron chi connectivity index (χ3n) is 6.49. The lowest BCUT2D eigenvalue weighted by Gasteiger charge is -2.30. The van der Waals surface area contributed by atoms with Crippen molar-refractivity contribution in [1.82, 2.24) is 9.80 Å². The Morgan fingerprint density at radius 3 is 1.06 bits per heavy atom. The zero-order chi connectivity index (χ0) is 23.8. The molecule has 0 saturated carbocycles. The Bertz CT molecular complexity index is 676. The maximum atomic E-state index is 5.90. The normalized spacial score (nSPS) is 21.2. The molecule has 0 aliphatic carbocycles. The fraction of sp³-hybridized carbons (Fsp3) is 0.571. The van der Waals surface area contributed by atoms with Gasteiger partial charge in [0.05, 0.1) is 52.9 Å². The van der Waals surface area contributed by atoms with Crippen molar-refractivity contribution in [2.75, 3.05) is 79.0 Å². The second-order valence-corrected chi connectivity index (χ2v) is 8.69. The van der Waals surface area contributed by atoms with Crippen LogP contribution in [0.1, 0.15) is 37.1 Å². The molecule has 0 N–H and O–H groups in total. The van der Waals surface area contributed by atoms with Gasteiger partial charge in [-0.3, -0.25) is 9.80 Å². The van der Waals surface area contributed by atoms with Gasteiger partial charge in [0, 0.05) is 38.3 Å². The van der Waals surface area contributed by atoms with Crippen molar-refractivity contribution in [3.05, 3.63) is 71.8 Å². The number of hydrogen-bond donors (Lipinski definition) is 0. The predicted molar refractivity (Wildman–Crippen MR) is 136 cm³/mol. The quantitative estimate of drug-likeness (QED) is 0.668. The summed E-state index contributed by atoms with van der Waals surface area (Å²) < 4.78 is 23.6. The first-order valence-corrected chi connectivity index (χ1v) is 12.6. The van der Waals surface area contributed by atoms with Crippen molar-refractivity contribution in [3.8, 4) is 0 Å². The molecule has 6 heteroatoms. The number of nitrogens with zero attached hydrogens (tertiary/aromatic N) is 2. The molecule has 1 aliphatic rings. The van der Waals surface area contributed by atoms with Gasteiger partial charge in [-0.05, 0) is 25.0 Å². The van der Waals surface area contributed by atoms with Crippen LogP contribution in [0.4, 0.5) is 0 Å². The predicted octanol–water partition coefficient (Wildman–Crippen LogP) is 4.19. The van der Waals surface area contributed by atoms with E-state index in [1.807, 2.05) is 0 Å². The second-order valence-electron chi connectivity index (χ2n) is 8.69. The van der Waals surface area contributed by atoms with E-state index in [9.17, 15) is 0 Å². The molecule has 0 amide bonds. The molecule has 1 heterocycles. The summed E-state index contributed by atoms with van der Waals surface area (Å²) >= 11 is 0. The van der Waals surface area contributed by atoms with Gasteiger partial charge in [0.25, 0.3) is 0 Å². The van der Waals surface area contributed by atoms with Gasteiger partial charge in [0.15, 0.2) is 0 Å². The highest BCUT2D eigenvalue weighted by Gasteiger charge is 2.17. The van der Waals surface area contributed by atoms with E-state index in [2.05, 4.69) is 84.3 Å². The Morgan fingerprint density at radius 2 is 0.765 bits per heavy atom. The minimum Gasteiger partial charge on any atom is -0.378 e. The summed E-state index contributed by atoms with van der Waals surface area (Å²) in [7, 11) is 0. The summed E-state index contributed by atoms with van der Waals surface area (Å²) in [5.74, 6) is 0. The van der Waals surface area contributed by atoms with E-state index in [4.69, 9.17) is 18.9 Å². The fourth-order valence-electron chi connectivity index (χ4n) is 4.25. The molecule has 2 aromatic rings. The molecular formula is C28H42N2O4. The van der Waals surface area contributed by atoms with Gasteiger partial charge in [-0.1, -0.05) is 60.7 Å².